The zero-order chi connectivity index (χ0) is 19.3. The van der Waals surface area contributed by atoms with Crippen molar-refractivity contribution in [3.8, 4) is 5.69 Å². The second kappa shape index (κ2) is 6.03. The number of nitrogen functional groups attached to an aromatic ring is 1. The molecular weight excluding hydrogens is 380 g/mol. The maximum absolute atomic E-state index is 14.4. The number of nitrogens with zero attached hydrogens (tertiary/aromatic N) is 1. The predicted molar refractivity (Wildman–Crippen MR) is 85.8 cm³/mol. The fraction of sp³-hybridized carbons (Fsp3) is 0. The lowest BCUT2D eigenvalue weighted by Gasteiger charge is -2.15. The molecule has 134 valence electrons. The molecule has 3 aromatic rings. The molecule has 5 nitrogen and oxygen atoms in total. The third-order valence-corrected chi connectivity index (χ3v) is 3.96. The third-order valence-electron chi connectivity index (χ3n) is 3.68. The first-order valence-corrected chi connectivity index (χ1v) is 7.22. The van der Waals surface area contributed by atoms with E-state index in [9.17, 15) is 27.2 Å². The summed E-state index contributed by atoms with van der Waals surface area (Å²) in [6, 6.07) is 1.87. The molecule has 0 amide bonds. The van der Waals surface area contributed by atoms with Gasteiger partial charge in [-0.05, 0) is 12.1 Å². The molecule has 1 heterocycles. The van der Waals surface area contributed by atoms with Gasteiger partial charge in [0.1, 0.15) is 17.2 Å². The number of fused-ring (bicyclic) bond motifs is 1. The van der Waals surface area contributed by atoms with Gasteiger partial charge in [-0.2, -0.15) is 0 Å². The molecule has 26 heavy (non-hydrogen) atoms. The topological polar surface area (TPSA) is 85.3 Å². The van der Waals surface area contributed by atoms with Crippen LogP contribution in [0.1, 0.15) is 10.4 Å². The molecule has 0 saturated carbocycles. The van der Waals surface area contributed by atoms with Gasteiger partial charge in [0.05, 0.1) is 27.3 Å². The van der Waals surface area contributed by atoms with Gasteiger partial charge < -0.3 is 15.4 Å². The molecule has 3 N–H and O–H groups in total. The van der Waals surface area contributed by atoms with Crippen molar-refractivity contribution in [1.29, 1.82) is 0 Å². The highest BCUT2D eigenvalue weighted by Gasteiger charge is 2.23. The number of aromatic nitrogens is 1. The van der Waals surface area contributed by atoms with Crippen LogP contribution in [-0.4, -0.2) is 15.6 Å². The molecule has 0 radical (unpaired) electrons. The second-order valence-corrected chi connectivity index (χ2v) is 5.66. The average molecular weight is 387 g/mol. The summed E-state index contributed by atoms with van der Waals surface area (Å²) in [6.07, 6.45) is 0.596. The summed E-state index contributed by atoms with van der Waals surface area (Å²) in [4.78, 5) is 23.6. The molecule has 3 rings (SSSR count). The minimum absolute atomic E-state index is 0.388. The zero-order valence-electron chi connectivity index (χ0n) is 12.5. The summed E-state index contributed by atoms with van der Waals surface area (Å²) in [6.45, 7) is 0. The maximum Gasteiger partial charge on any atom is 0.341 e. The normalized spacial score (nSPS) is 11.1. The second-order valence-electron chi connectivity index (χ2n) is 5.25. The molecule has 0 saturated heterocycles. The highest BCUT2D eigenvalue weighted by atomic mass is 35.5. The van der Waals surface area contributed by atoms with Crippen molar-refractivity contribution in [3.05, 3.63) is 68.5 Å². The van der Waals surface area contributed by atoms with Crippen LogP contribution in [0.5, 0.6) is 0 Å². The van der Waals surface area contributed by atoms with Crippen molar-refractivity contribution in [2.45, 2.75) is 0 Å². The van der Waals surface area contributed by atoms with Crippen molar-refractivity contribution >= 4 is 34.2 Å². The van der Waals surface area contributed by atoms with E-state index in [0.29, 0.717) is 16.8 Å². The Morgan fingerprint density at radius 1 is 1.08 bits per heavy atom. The predicted octanol–water partition coefficient (Wildman–Crippen LogP) is 3.48. The van der Waals surface area contributed by atoms with Crippen LogP contribution in [0.4, 0.5) is 23.2 Å². The van der Waals surface area contributed by atoms with E-state index < -0.39 is 67.5 Å². The van der Waals surface area contributed by atoms with Crippen molar-refractivity contribution < 1.29 is 27.5 Å². The van der Waals surface area contributed by atoms with E-state index in [2.05, 4.69) is 0 Å². The molecule has 0 aliphatic rings. The first kappa shape index (κ1) is 17.7. The molecule has 1 aromatic heterocycles. The number of hydrogen-bond acceptors (Lipinski definition) is 3. The van der Waals surface area contributed by atoms with Crippen LogP contribution >= 0.6 is 11.6 Å². The Bertz CT molecular complexity index is 1160. The van der Waals surface area contributed by atoms with Gasteiger partial charge in [0.25, 0.3) is 0 Å². The Labute approximate surface area is 146 Å². The Hall–Kier alpha value is -3.07. The van der Waals surface area contributed by atoms with Crippen molar-refractivity contribution in [3.63, 3.8) is 0 Å². The Morgan fingerprint density at radius 2 is 1.73 bits per heavy atom. The highest BCUT2D eigenvalue weighted by Crippen LogP contribution is 2.29. The largest absolute Gasteiger partial charge is 0.477 e. The number of carbonyl (C=O) groups is 1. The number of aromatic carboxylic acids is 1. The Morgan fingerprint density at radius 3 is 2.35 bits per heavy atom. The van der Waals surface area contributed by atoms with Crippen LogP contribution in [0.3, 0.4) is 0 Å². The van der Waals surface area contributed by atoms with E-state index in [-0.39, 0.29) is 0 Å². The molecule has 0 aliphatic heterocycles. The van der Waals surface area contributed by atoms with Crippen molar-refractivity contribution in [2.24, 2.45) is 0 Å². The summed E-state index contributed by atoms with van der Waals surface area (Å²) in [7, 11) is 0. The molecular formula is C16H7ClF4N2O3. The summed E-state index contributed by atoms with van der Waals surface area (Å²) < 4.78 is 56.5. The SMILES string of the molecule is Nc1cc(-n2cc(C(=O)O)c(=O)c3cc(Cl)c(F)c(F)c32)c(F)cc1F. The van der Waals surface area contributed by atoms with Gasteiger partial charge in [-0.25, -0.2) is 22.4 Å². The van der Waals surface area contributed by atoms with Crippen molar-refractivity contribution in [1.82, 2.24) is 4.57 Å². The first-order chi connectivity index (χ1) is 12.1. The van der Waals surface area contributed by atoms with Crippen LogP contribution in [-0.2, 0) is 0 Å². The number of halogens is 5. The Kier molecular flexibility index (Phi) is 4.11. The molecule has 2 aromatic carbocycles. The standard InChI is InChI=1S/C16H7ClF4N2O3/c17-7-1-5-14(13(21)12(7)20)23(4-6(15(5)24)16(25)26)11-3-10(22)8(18)2-9(11)19/h1-4H,22H2,(H,25,26). The fourth-order valence-electron chi connectivity index (χ4n) is 2.47. The first-order valence-electron chi connectivity index (χ1n) is 6.84. The lowest BCUT2D eigenvalue weighted by molar-refractivity contribution is 0.0695. The summed E-state index contributed by atoms with van der Waals surface area (Å²) in [5.74, 6) is -7.17. The van der Waals surface area contributed by atoms with Gasteiger partial charge in [0.15, 0.2) is 11.6 Å². The van der Waals surface area contributed by atoms with Crippen LogP contribution < -0.4 is 11.2 Å². The van der Waals surface area contributed by atoms with Crippen molar-refractivity contribution in [2.75, 3.05) is 5.73 Å². The molecule has 10 heteroatoms. The van der Waals surface area contributed by atoms with E-state index in [1.54, 1.807) is 0 Å². The number of hydrogen-bond donors (Lipinski definition) is 2. The van der Waals surface area contributed by atoms with Crippen LogP contribution in [0.2, 0.25) is 5.02 Å². The summed E-state index contributed by atoms with van der Waals surface area (Å²) in [5, 5.41) is 7.80. The van der Waals surface area contributed by atoms with Crippen LogP contribution in [0.15, 0.2) is 29.2 Å². The van der Waals surface area contributed by atoms with Gasteiger partial charge in [-0.3, -0.25) is 4.79 Å². The summed E-state index contributed by atoms with van der Waals surface area (Å²) in [5.41, 5.74) is 1.47. The van der Waals surface area contributed by atoms with E-state index >= 15 is 0 Å². The Balaban J connectivity index is 2.59. The van der Waals surface area contributed by atoms with Gasteiger partial charge in [-0.1, -0.05) is 11.6 Å². The highest BCUT2D eigenvalue weighted by molar-refractivity contribution is 6.31. The quantitative estimate of drug-likeness (QED) is 0.401. The minimum atomic E-state index is -1.69. The number of carboxylic acids is 1. The number of pyridine rings is 1. The molecule has 0 bridgehead atoms. The minimum Gasteiger partial charge on any atom is -0.477 e. The van der Waals surface area contributed by atoms with E-state index in [1.807, 2.05) is 0 Å². The van der Waals surface area contributed by atoms with E-state index in [0.717, 1.165) is 12.1 Å². The molecule has 0 unspecified atom stereocenters. The summed E-state index contributed by atoms with van der Waals surface area (Å²) >= 11 is 5.52. The number of benzene rings is 2. The van der Waals surface area contributed by atoms with Gasteiger partial charge >= 0.3 is 5.97 Å². The smallest absolute Gasteiger partial charge is 0.341 e. The zero-order valence-corrected chi connectivity index (χ0v) is 13.2. The molecule has 0 aliphatic carbocycles. The van der Waals surface area contributed by atoms with Crippen LogP contribution in [0, 0.1) is 23.3 Å². The molecule has 0 fully saturated rings. The maximum atomic E-state index is 14.4. The number of carboxylic acid groups (broad SMARTS) is 1. The van der Waals surface area contributed by atoms with E-state index in [4.69, 9.17) is 22.4 Å². The number of rotatable bonds is 2. The van der Waals surface area contributed by atoms with E-state index in [1.165, 1.54) is 0 Å². The van der Waals surface area contributed by atoms with Crippen LogP contribution in [0.25, 0.3) is 16.6 Å². The lowest BCUT2D eigenvalue weighted by Crippen LogP contribution is -2.20. The lowest BCUT2D eigenvalue weighted by atomic mass is 10.1. The molecule has 0 atom stereocenters. The number of nitrogens with two attached hydrogens (primary N) is 1. The number of anilines is 1. The van der Waals surface area contributed by atoms with Gasteiger partial charge in [0.2, 0.25) is 5.43 Å². The van der Waals surface area contributed by atoms with Gasteiger partial charge in [0, 0.05) is 12.3 Å². The molecule has 0 spiro atoms. The fourth-order valence-corrected chi connectivity index (χ4v) is 2.66. The monoisotopic (exact) mass is 386 g/mol. The average Bonchev–Trinajstić information content (AvgIpc) is 2.57. The third kappa shape index (κ3) is 2.57. The van der Waals surface area contributed by atoms with Gasteiger partial charge in [-0.15, -0.1) is 0 Å².